The van der Waals surface area contributed by atoms with Crippen molar-refractivity contribution < 1.29 is 0 Å². The molecule has 0 saturated carbocycles. The highest BCUT2D eigenvalue weighted by Gasteiger charge is 2.05. The second kappa shape index (κ2) is 5.83. The van der Waals surface area contributed by atoms with Crippen LogP contribution in [0.5, 0.6) is 0 Å². The summed E-state index contributed by atoms with van der Waals surface area (Å²) < 4.78 is 3.72. The van der Waals surface area contributed by atoms with E-state index < -0.39 is 0 Å². The van der Waals surface area contributed by atoms with Crippen LogP contribution in [0.1, 0.15) is 18.7 Å². The number of hydrogen-bond donors (Lipinski definition) is 0. The van der Waals surface area contributed by atoms with Gasteiger partial charge in [-0.3, -0.25) is 0 Å². The van der Waals surface area contributed by atoms with Crippen LogP contribution < -0.4 is 0 Å². The van der Waals surface area contributed by atoms with Gasteiger partial charge in [-0.15, -0.1) is 22.7 Å². The molecule has 1 aromatic carbocycles. The quantitative estimate of drug-likeness (QED) is 0.536. The molecule has 0 N–H and O–H groups in total. The molecule has 0 aliphatic rings. The number of halogens is 1. The Hall–Kier alpha value is -0.890. The molecule has 0 saturated heterocycles. The van der Waals surface area contributed by atoms with Crippen LogP contribution in [0.25, 0.3) is 20.2 Å². The first-order valence-corrected chi connectivity index (χ1v) is 8.17. The molecule has 3 aromatic rings. The van der Waals surface area contributed by atoms with E-state index in [1.165, 1.54) is 20.2 Å². The minimum absolute atomic E-state index is 0.511. The second-order valence-corrected chi connectivity index (χ2v) is 7.16. The van der Waals surface area contributed by atoms with Gasteiger partial charge in [-0.25, -0.2) is 0 Å². The summed E-state index contributed by atoms with van der Waals surface area (Å²) in [5.41, 5.74) is 0. The predicted molar refractivity (Wildman–Crippen MR) is 85.6 cm³/mol. The van der Waals surface area contributed by atoms with Crippen molar-refractivity contribution in [2.75, 3.05) is 0 Å². The average molecular weight is 338 g/mol. The van der Waals surface area contributed by atoms with Gasteiger partial charge >= 0.3 is 0 Å². The summed E-state index contributed by atoms with van der Waals surface area (Å²) in [6, 6.07) is 10.9. The van der Waals surface area contributed by atoms with Gasteiger partial charge in [0.2, 0.25) is 0 Å². The number of nitrogens with zero attached hydrogens (tertiary/aromatic N) is 1. The Morgan fingerprint density at radius 3 is 2.33 bits per heavy atom. The van der Waals surface area contributed by atoms with E-state index in [0.29, 0.717) is 6.42 Å². The molecule has 0 unspecified atom stereocenters. The maximum atomic E-state index is 8.68. The van der Waals surface area contributed by atoms with Gasteiger partial charge in [0, 0.05) is 14.3 Å². The number of benzene rings is 1. The molecule has 92 valence electrons. The average Bonchev–Trinajstić information content (AvgIpc) is 2.89. The van der Waals surface area contributed by atoms with Gasteiger partial charge < -0.3 is 0 Å². The third-order valence-corrected chi connectivity index (χ3v) is 5.13. The minimum Gasteiger partial charge on any atom is -0.198 e. The summed E-state index contributed by atoms with van der Waals surface area (Å²) in [5.74, 6) is 0. The summed E-state index contributed by atoms with van der Waals surface area (Å²) in [7, 11) is 0. The van der Waals surface area contributed by atoms with E-state index in [2.05, 4.69) is 46.3 Å². The van der Waals surface area contributed by atoms with Crippen LogP contribution in [0.4, 0.5) is 0 Å². The van der Waals surface area contributed by atoms with Crippen molar-refractivity contribution in [3.8, 4) is 6.07 Å². The lowest BCUT2D eigenvalue weighted by atomic mass is 10.2. The lowest BCUT2D eigenvalue weighted by molar-refractivity contribution is 1.32. The molecule has 0 radical (unpaired) electrons. The number of nitriles is 1. The Balaban J connectivity index is 0.000000574. The van der Waals surface area contributed by atoms with Crippen molar-refractivity contribution in [3.05, 3.63) is 32.9 Å². The fourth-order valence-corrected chi connectivity index (χ4v) is 4.37. The molecule has 0 aliphatic carbocycles. The molecule has 2 heterocycles. The van der Waals surface area contributed by atoms with Gasteiger partial charge in [0.1, 0.15) is 0 Å². The van der Waals surface area contributed by atoms with E-state index in [4.69, 9.17) is 5.26 Å². The SMILES string of the molecule is CC.N#CCc1cc2cc3sc(Br)cc3cc2s1. The Morgan fingerprint density at radius 2 is 1.67 bits per heavy atom. The molecule has 4 heteroatoms. The number of rotatable bonds is 1. The van der Waals surface area contributed by atoms with Crippen LogP contribution in [0.15, 0.2) is 28.1 Å². The summed E-state index contributed by atoms with van der Waals surface area (Å²) in [5, 5.41) is 11.2. The smallest absolute Gasteiger partial charge is 0.0711 e. The summed E-state index contributed by atoms with van der Waals surface area (Å²) in [6.45, 7) is 4.00. The van der Waals surface area contributed by atoms with Gasteiger partial charge in [-0.1, -0.05) is 13.8 Å². The van der Waals surface area contributed by atoms with E-state index in [0.717, 1.165) is 8.66 Å². The number of fused-ring (bicyclic) bond motifs is 2. The van der Waals surface area contributed by atoms with Gasteiger partial charge in [-0.05, 0) is 51.0 Å². The van der Waals surface area contributed by atoms with Crippen molar-refractivity contribution in [1.82, 2.24) is 0 Å². The zero-order chi connectivity index (χ0) is 13.1. The van der Waals surface area contributed by atoms with Gasteiger partial charge in [-0.2, -0.15) is 5.26 Å². The first-order valence-electron chi connectivity index (χ1n) is 5.75. The maximum Gasteiger partial charge on any atom is 0.0711 e. The van der Waals surface area contributed by atoms with Gasteiger partial charge in [0.25, 0.3) is 0 Å². The van der Waals surface area contributed by atoms with Crippen LogP contribution >= 0.6 is 38.6 Å². The van der Waals surface area contributed by atoms with Crippen LogP contribution in [0.2, 0.25) is 0 Å². The molecular formula is C14H12BrNS2. The van der Waals surface area contributed by atoms with E-state index >= 15 is 0 Å². The van der Waals surface area contributed by atoms with Crippen molar-refractivity contribution in [1.29, 1.82) is 5.26 Å². The highest BCUT2D eigenvalue weighted by atomic mass is 79.9. The maximum absolute atomic E-state index is 8.68. The molecule has 2 aromatic heterocycles. The lowest BCUT2D eigenvalue weighted by Crippen LogP contribution is -1.68. The van der Waals surface area contributed by atoms with Crippen LogP contribution in [0.3, 0.4) is 0 Å². The Labute approximate surface area is 123 Å². The highest BCUT2D eigenvalue weighted by Crippen LogP contribution is 2.35. The second-order valence-electron chi connectivity index (χ2n) is 3.53. The summed E-state index contributed by atoms with van der Waals surface area (Å²) >= 11 is 6.96. The standard InChI is InChI=1S/C12H6BrNS2.C2H6/c13-12-6-8-5-10-7(4-11(8)16-12)3-9(15-10)1-2-14;1-2/h3-6H,1H2;1-2H3. The Bertz CT molecular complexity index is 667. The number of thiophene rings is 2. The van der Waals surface area contributed by atoms with Gasteiger partial charge in [0.15, 0.2) is 0 Å². The molecule has 0 fully saturated rings. The third kappa shape index (κ3) is 2.59. The monoisotopic (exact) mass is 337 g/mol. The topological polar surface area (TPSA) is 23.8 Å². The molecule has 18 heavy (non-hydrogen) atoms. The molecular weight excluding hydrogens is 326 g/mol. The lowest BCUT2D eigenvalue weighted by Gasteiger charge is -1.89. The molecule has 0 aliphatic heterocycles. The predicted octanol–water partition coefficient (Wildman–Crippen LogP) is 5.97. The molecule has 0 bridgehead atoms. The van der Waals surface area contributed by atoms with E-state index in [1.807, 2.05) is 13.8 Å². The summed E-state index contributed by atoms with van der Waals surface area (Å²) in [6.07, 6.45) is 0.511. The van der Waals surface area contributed by atoms with Crippen molar-refractivity contribution in [2.24, 2.45) is 0 Å². The fraction of sp³-hybridized carbons (Fsp3) is 0.214. The Kier molecular flexibility index (Phi) is 4.39. The number of hydrogen-bond acceptors (Lipinski definition) is 3. The molecule has 0 amide bonds. The first kappa shape index (κ1) is 13.5. The van der Waals surface area contributed by atoms with E-state index in [1.54, 1.807) is 22.7 Å². The summed E-state index contributed by atoms with van der Waals surface area (Å²) in [4.78, 5) is 1.15. The van der Waals surface area contributed by atoms with Crippen molar-refractivity contribution >= 4 is 58.8 Å². The molecule has 1 nitrogen and oxygen atoms in total. The largest absolute Gasteiger partial charge is 0.198 e. The zero-order valence-corrected chi connectivity index (χ0v) is 13.4. The van der Waals surface area contributed by atoms with Gasteiger partial charge in [0.05, 0.1) is 16.3 Å². The van der Waals surface area contributed by atoms with E-state index in [9.17, 15) is 0 Å². The Morgan fingerprint density at radius 1 is 1.06 bits per heavy atom. The van der Waals surface area contributed by atoms with Crippen LogP contribution in [-0.4, -0.2) is 0 Å². The van der Waals surface area contributed by atoms with Crippen molar-refractivity contribution in [3.63, 3.8) is 0 Å². The molecule has 0 atom stereocenters. The molecule has 3 rings (SSSR count). The minimum atomic E-state index is 0.511. The zero-order valence-electron chi connectivity index (χ0n) is 10.2. The normalized spacial score (nSPS) is 10.1. The van der Waals surface area contributed by atoms with Crippen LogP contribution in [0, 0.1) is 11.3 Å². The fourth-order valence-electron chi connectivity index (χ4n) is 1.76. The third-order valence-electron chi connectivity index (χ3n) is 2.43. The van der Waals surface area contributed by atoms with Crippen LogP contribution in [-0.2, 0) is 6.42 Å². The molecule has 0 spiro atoms. The highest BCUT2D eigenvalue weighted by molar-refractivity contribution is 9.11. The van der Waals surface area contributed by atoms with Crippen molar-refractivity contribution in [2.45, 2.75) is 20.3 Å². The van der Waals surface area contributed by atoms with E-state index in [-0.39, 0.29) is 0 Å². The first-order chi connectivity index (χ1) is 8.76.